The molecule has 2 unspecified atom stereocenters. The van der Waals surface area contributed by atoms with Gasteiger partial charge in [-0.2, -0.15) is 26.3 Å². The molecular formula is C25H24F7N3O6S. The number of aliphatic hydroxyl groups is 1. The fraction of sp³-hybridized carbons (Fsp3) is 0.440. The predicted molar refractivity (Wildman–Crippen MR) is 131 cm³/mol. The van der Waals surface area contributed by atoms with Crippen molar-refractivity contribution in [1.82, 2.24) is 10.6 Å². The highest BCUT2D eigenvalue weighted by atomic mass is 32.2. The SMILES string of the molecule is CC1(CNC(=O)CC2CCc3cc(C(O)(C(F)(F)F)C(F)(F)F)ccc3N2S(=O)(=O)c2ccc(F)cc2)COC(=O)N1. The maximum absolute atomic E-state index is 13.7. The molecule has 0 bridgehead atoms. The Morgan fingerprint density at radius 3 is 2.29 bits per heavy atom. The number of alkyl halides is 6. The van der Waals surface area contributed by atoms with Gasteiger partial charge >= 0.3 is 18.4 Å². The van der Waals surface area contributed by atoms with E-state index in [0.717, 1.165) is 24.3 Å². The smallest absolute Gasteiger partial charge is 0.430 e. The number of cyclic esters (lactones) is 1. The summed E-state index contributed by atoms with van der Waals surface area (Å²) >= 11 is 0. The van der Waals surface area contributed by atoms with E-state index < -0.39 is 74.3 Å². The molecule has 2 atom stereocenters. The van der Waals surface area contributed by atoms with E-state index in [0.29, 0.717) is 22.5 Å². The van der Waals surface area contributed by atoms with Crippen LogP contribution in [0.1, 0.15) is 30.9 Å². The molecular weight excluding hydrogens is 603 g/mol. The number of nitrogens with zero attached hydrogens (tertiary/aromatic N) is 1. The lowest BCUT2D eigenvalue weighted by atomic mass is 9.87. The Balaban J connectivity index is 1.72. The number of nitrogens with one attached hydrogen (secondary N) is 2. The van der Waals surface area contributed by atoms with Crippen LogP contribution in [0.2, 0.25) is 0 Å². The predicted octanol–water partition coefficient (Wildman–Crippen LogP) is 3.65. The number of carbonyl (C=O) groups is 2. The summed E-state index contributed by atoms with van der Waals surface area (Å²) in [5, 5.41) is 14.9. The van der Waals surface area contributed by atoms with Gasteiger partial charge in [-0.25, -0.2) is 17.6 Å². The molecule has 1 fully saturated rings. The lowest BCUT2D eigenvalue weighted by Gasteiger charge is -2.39. The van der Waals surface area contributed by atoms with Crippen molar-refractivity contribution in [2.24, 2.45) is 0 Å². The molecule has 230 valence electrons. The molecule has 2 heterocycles. The van der Waals surface area contributed by atoms with Crippen molar-refractivity contribution in [3.63, 3.8) is 0 Å². The monoisotopic (exact) mass is 627 g/mol. The van der Waals surface area contributed by atoms with Crippen LogP contribution in [-0.4, -0.2) is 62.6 Å². The van der Waals surface area contributed by atoms with Crippen LogP contribution < -0.4 is 14.9 Å². The van der Waals surface area contributed by atoms with Gasteiger partial charge in [0.05, 0.1) is 22.2 Å². The third kappa shape index (κ3) is 5.71. The summed E-state index contributed by atoms with van der Waals surface area (Å²) in [7, 11) is -4.64. The van der Waals surface area contributed by atoms with E-state index in [1.165, 1.54) is 0 Å². The Labute approximate surface area is 234 Å². The summed E-state index contributed by atoms with van der Waals surface area (Å²) in [6.45, 7) is 1.43. The Morgan fingerprint density at radius 2 is 1.74 bits per heavy atom. The lowest BCUT2D eigenvalue weighted by Crippen LogP contribution is -2.54. The normalized spacial score (nSPS) is 21.4. The number of hydrogen-bond acceptors (Lipinski definition) is 6. The minimum absolute atomic E-state index is 0.0570. The summed E-state index contributed by atoms with van der Waals surface area (Å²) in [5.74, 6) is -1.45. The van der Waals surface area contributed by atoms with E-state index in [1.54, 1.807) is 6.92 Å². The van der Waals surface area contributed by atoms with Crippen LogP contribution in [0.25, 0.3) is 0 Å². The van der Waals surface area contributed by atoms with Crippen molar-refractivity contribution < 1.29 is 58.6 Å². The number of ether oxygens (including phenoxy) is 1. The summed E-state index contributed by atoms with van der Waals surface area (Å²) in [6, 6.07) is 3.81. The maximum atomic E-state index is 13.7. The third-order valence-electron chi connectivity index (χ3n) is 7.03. The molecule has 1 saturated heterocycles. The van der Waals surface area contributed by atoms with Crippen molar-refractivity contribution in [3.8, 4) is 0 Å². The number of alkyl carbamates (subject to hydrolysis) is 1. The van der Waals surface area contributed by atoms with Crippen LogP contribution in [0, 0.1) is 5.82 Å². The van der Waals surface area contributed by atoms with Crippen molar-refractivity contribution in [1.29, 1.82) is 0 Å². The molecule has 2 aliphatic rings. The number of rotatable bonds is 7. The minimum Gasteiger partial charge on any atom is -0.447 e. The topological polar surface area (TPSA) is 125 Å². The van der Waals surface area contributed by atoms with Gasteiger partial charge in [0.1, 0.15) is 12.4 Å². The van der Waals surface area contributed by atoms with E-state index in [4.69, 9.17) is 4.74 Å². The van der Waals surface area contributed by atoms with Crippen LogP contribution >= 0.6 is 0 Å². The average Bonchev–Trinajstić information content (AvgIpc) is 3.23. The zero-order valence-corrected chi connectivity index (χ0v) is 22.5. The van der Waals surface area contributed by atoms with Crippen molar-refractivity contribution in [2.45, 2.75) is 60.6 Å². The number of amides is 2. The van der Waals surface area contributed by atoms with E-state index >= 15 is 0 Å². The third-order valence-corrected chi connectivity index (χ3v) is 8.91. The second-order valence-electron chi connectivity index (χ2n) is 10.2. The Morgan fingerprint density at radius 1 is 1.12 bits per heavy atom. The molecule has 17 heteroatoms. The first-order chi connectivity index (χ1) is 19.3. The van der Waals surface area contributed by atoms with E-state index in [2.05, 4.69) is 10.6 Å². The zero-order chi connectivity index (χ0) is 31.3. The number of aryl methyl sites for hydroxylation is 1. The number of halogens is 7. The van der Waals surface area contributed by atoms with Crippen molar-refractivity contribution in [2.75, 3.05) is 17.5 Å². The molecule has 0 saturated carbocycles. The summed E-state index contributed by atoms with van der Waals surface area (Å²) in [5.41, 5.74) is -8.33. The lowest BCUT2D eigenvalue weighted by molar-refractivity contribution is -0.376. The first kappa shape index (κ1) is 31.3. The number of anilines is 1. The van der Waals surface area contributed by atoms with Gasteiger partial charge in [-0.3, -0.25) is 9.10 Å². The first-order valence-electron chi connectivity index (χ1n) is 12.3. The number of benzene rings is 2. The average molecular weight is 628 g/mol. The Hall–Kier alpha value is -3.60. The fourth-order valence-electron chi connectivity index (χ4n) is 4.80. The van der Waals surface area contributed by atoms with Crippen molar-refractivity contribution >= 4 is 27.7 Å². The molecule has 2 amide bonds. The second-order valence-corrected chi connectivity index (χ2v) is 12.1. The van der Waals surface area contributed by atoms with Crippen LogP contribution in [0.15, 0.2) is 47.4 Å². The fourth-order valence-corrected chi connectivity index (χ4v) is 6.52. The molecule has 0 aromatic heterocycles. The Kier molecular flexibility index (Phi) is 7.90. The van der Waals surface area contributed by atoms with Gasteiger partial charge < -0.3 is 20.5 Å². The minimum atomic E-state index is -6.16. The molecule has 2 aliphatic heterocycles. The van der Waals surface area contributed by atoms with Gasteiger partial charge in [-0.1, -0.05) is 12.1 Å². The van der Waals surface area contributed by atoms with E-state index in [-0.39, 0.29) is 37.2 Å². The van der Waals surface area contributed by atoms with Gasteiger partial charge in [0, 0.05) is 18.5 Å². The Bertz CT molecular complexity index is 1470. The quantitative estimate of drug-likeness (QED) is 0.403. The molecule has 0 aliphatic carbocycles. The highest BCUT2D eigenvalue weighted by Gasteiger charge is 2.71. The molecule has 2 aromatic rings. The molecule has 4 rings (SSSR count). The highest BCUT2D eigenvalue weighted by molar-refractivity contribution is 7.92. The van der Waals surface area contributed by atoms with Crippen LogP contribution in [-0.2, 0) is 31.6 Å². The summed E-state index contributed by atoms with van der Waals surface area (Å²) in [4.78, 5) is 23.8. The molecule has 42 heavy (non-hydrogen) atoms. The van der Waals surface area contributed by atoms with Gasteiger partial charge in [0.2, 0.25) is 5.91 Å². The van der Waals surface area contributed by atoms with Crippen LogP contribution in [0.5, 0.6) is 0 Å². The largest absolute Gasteiger partial charge is 0.447 e. The van der Waals surface area contributed by atoms with Gasteiger partial charge in [0.15, 0.2) is 0 Å². The van der Waals surface area contributed by atoms with Crippen molar-refractivity contribution in [3.05, 3.63) is 59.4 Å². The summed E-state index contributed by atoms with van der Waals surface area (Å²) in [6.07, 6.45) is -14.0. The highest BCUT2D eigenvalue weighted by Crippen LogP contribution is 2.51. The standard InChI is InChI=1S/C25H24F7N3O6S/c1-22(13-41-21(37)34-22)12-33-20(36)11-17-6-2-14-10-15(23(38,24(27,28)29)25(30,31)32)3-9-19(14)35(17)42(39,40)18-7-4-16(26)5-8-18/h3-5,7-10,17,38H,2,6,11-13H2,1H3,(H,33,36)(H,34,37). The first-order valence-corrected chi connectivity index (χ1v) is 13.7. The zero-order valence-electron chi connectivity index (χ0n) is 21.6. The summed E-state index contributed by atoms with van der Waals surface area (Å²) < 4.78 is 127. The second kappa shape index (κ2) is 10.6. The molecule has 9 nitrogen and oxygen atoms in total. The van der Waals surface area contributed by atoms with Gasteiger partial charge in [-0.05, 0) is 55.7 Å². The van der Waals surface area contributed by atoms with Crippen LogP contribution in [0.4, 0.5) is 41.2 Å². The number of carbonyl (C=O) groups excluding carboxylic acids is 2. The van der Waals surface area contributed by atoms with Gasteiger partial charge in [-0.15, -0.1) is 0 Å². The number of sulfonamides is 1. The molecule has 0 spiro atoms. The molecule has 2 aromatic carbocycles. The van der Waals surface area contributed by atoms with E-state index in [9.17, 15) is 53.8 Å². The van der Waals surface area contributed by atoms with Gasteiger partial charge in [0.25, 0.3) is 15.6 Å². The molecule has 0 radical (unpaired) electrons. The van der Waals surface area contributed by atoms with E-state index in [1.807, 2.05) is 0 Å². The maximum Gasteiger partial charge on any atom is 0.430 e. The molecule has 3 N–H and O–H groups in total. The number of hydrogen-bond donors (Lipinski definition) is 3. The number of fused-ring (bicyclic) bond motifs is 1. The van der Waals surface area contributed by atoms with Crippen LogP contribution in [0.3, 0.4) is 0 Å².